The third kappa shape index (κ3) is 3.06. The molecule has 0 aliphatic heterocycles. The van der Waals surface area contributed by atoms with Crippen LogP contribution < -0.4 is 4.74 Å². The average Bonchev–Trinajstić information content (AvgIpc) is 2.95. The number of carbonyl (C=O) groups excluding carboxylic acids is 1. The Morgan fingerprint density at radius 3 is 2.95 bits per heavy atom. The van der Waals surface area contributed by atoms with E-state index in [2.05, 4.69) is 9.97 Å². The number of esters is 1. The van der Waals surface area contributed by atoms with E-state index >= 15 is 0 Å². The van der Waals surface area contributed by atoms with Gasteiger partial charge in [-0.05, 0) is 30.7 Å². The van der Waals surface area contributed by atoms with Crippen LogP contribution in [0.25, 0.3) is 5.65 Å². The van der Waals surface area contributed by atoms with Crippen LogP contribution in [0.3, 0.4) is 0 Å². The highest BCUT2D eigenvalue weighted by atomic mass is 16.6. The van der Waals surface area contributed by atoms with Crippen molar-refractivity contribution in [1.82, 2.24) is 14.4 Å². The van der Waals surface area contributed by atoms with Crippen LogP contribution in [0.5, 0.6) is 5.75 Å². The summed E-state index contributed by atoms with van der Waals surface area (Å²) in [4.78, 5) is 20.2. The molecular formula is C16H15N3O3. The Labute approximate surface area is 127 Å². The van der Waals surface area contributed by atoms with E-state index in [0.29, 0.717) is 17.1 Å². The lowest BCUT2D eigenvalue weighted by atomic mass is 10.3. The molecule has 3 heterocycles. The molecule has 0 atom stereocenters. The zero-order valence-corrected chi connectivity index (χ0v) is 12.1. The fourth-order valence-electron chi connectivity index (χ4n) is 2.04. The second kappa shape index (κ2) is 6.26. The number of ether oxygens (including phenoxy) is 2. The molecule has 22 heavy (non-hydrogen) atoms. The number of carbonyl (C=O) groups is 1. The van der Waals surface area contributed by atoms with Gasteiger partial charge < -0.3 is 9.47 Å². The molecule has 6 nitrogen and oxygen atoms in total. The third-order valence-electron chi connectivity index (χ3n) is 3.08. The van der Waals surface area contributed by atoms with Crippen molar-refractivity contribution in [2.45, 2.75) is 6.92 Å². The van der Waals surface area contributed by atoms with E-state index in [0.717, 1.165) is 5.56 Å². The van der Waals surface area contributed by atoms with Crippen molar-refractivity contribution in [3.05, 3.63) is 60.3 Å². The molecule has 0 aliphatic carbocycles. The Balaban J connectivity index is 1.58. The number of aromatic nitrogens is 3. The minimum atomic E-state index is -0.423. The lowest BCUT2D eigenvalue weighted by Crippen LogP contribution is -2.14. The molecule has 0 saturated carbocycles. The summed E-state index contributed by atoms with van der Waals surface area (Å²) < 4.78 is 12.4. The lowest BCUT2D eigenvalue weighted by molar-refractivity contribution is 0.0442. The van der Waals surface area contributed by atoms with Gasteiger partial charge in [0.25, 0.3) is 0 Å². The summed E-state index contributed by atoms with van der Waals surface area (Å²) >= 11 is 0. The fraction of sp³-hybridized carbons (Fsp3) is 0.188. The van der Waals surface area contributed by atoms with Gasteiger partial charge in [-0.3, -0.25) is 9.38 Å². The summed E-state index contributed by atoms with van der Waals surface area (Å²) in [5, 5.41) is 0. The first-order valence-corrected chi connectivity index (χ1v) is 6.88. The summed E-state index contributed by atoms with van der Waals surface area (Å²) in [5.41, 5.74) is 2.16. The zero-order chi connectivity index (χ0) is 15.4. The van der Waals surface area contributed by atoms with Crippen molar-refractivity contribution in [2.75, 3.05) is 13.2 Å². The average molecular weight is 297 g/mol. The number of imidazole rings is 1. The van der Waals surface area contributed by atoms with Crippen molar-refractivity contribution in [1.29, 1.82) is 0 Å². The van der Waals surface area contributed by atoms with E-state index in [1.807, 2.05) is 25.3 Å². The predicted molar refractivity (Wildman–Crippen MR) is 79.9 cm³/mol. The Kier molecular flexibility index (Phi) is 4.00. The van der Waals surface area contributed by atoms with Crippen LogP contribution in [0.1, 0.15) is 16.1 Å². The van der Waals surface area contributed by atoms with E-state index in [1.54, 1.807) is 28.9 Å². The van der Waals surface area contributed by atoms with Crippen LogP contribution in [-0.2, 0) is 4.74 Å². The number of fused-ring (bicyclic) bond motifs is 1. The molecule has 0 bridgehead atoms. The van der Waals surface area contributed by atoms with Crippen LogP contribution >= 0.6 is 0 Å². The van der Waals surface area contributed by atoms with Crippen molar-refractivity contribution in [3.8, 4) is 5.75 Å². The normalized spacial score (nSPS) is 10.6. The number of hydrogen-bond donors (Lipinski definition) is 0. The standard InChI is InChI=1S/C16H15N3O3/c1-12-4-5-15-18-10-14(19(15)11-12)16(20)22-8-7-21-13-3-2-6-17-9-13/h2-6,9-11H,7-8H2,1H3. The quantitative estimate of drug-likeness (QED) is 0.534. The van der Waals surface area contributed by atoms with Crippen molar-refractivity contribution < 1.29 is 14.3 Å². The van der Waals surface area contributed by atoms with Gasteiger partial charge in [0.2, 0.25) is 0 Å². The molecule has 0 fully saturated rings. The van der Waals surface area contributed by atoms with Gasteiger partial charge >= 0.3 is 5.97 Å². The minimum absolute atomic E-state index is 0.160. The molecule has 0 aromatic carbocycles. The molecule has 0 N–H and O–H groups in total. The SMILES string of the molecule is Cc1ccc2ncc(C(=O)OCCOc3cccnc3)n2c1. The number of nitrogens with zero attached hydrogens (tertiary/aromatic N) is 3. The molecular weight excluding hydrogens is 282 g/mol. The van der Waals surface area contributed by atoms with Gasteiger partial charge in [-0.15, -0.1) is 0 Å². The van der Waals surface area contributed by atoms with E-state index in [1.165, 1.54) is 6.20 Å². The van der Waals surface area contributed by atoms with Crippen molar-refractivity contribution >= 4 is 11.6 Å². The number of pyridine rings is 2. The van der Waals surface area contributed by atoms with Gasteiger partial charge in [0.05, 0.1) is 12.4 Å². The van der Waals surface area contributed by atoms with Crippen LogP contribution in [0.4, 0.5) is 0 Å². The molecule has 0 aliphatic rings. The van der Waals surface area contributed by atoms with Gasteiger partial charge in [-0.25, -0.2) is 9.78 Å². The Morgan fingerprint density at radius 2 is 2.14 bits per heavy atom. The van der Waals surface area contributed by atoms with Gasteiger partial charge in [-0.1, -0.05) is 6.07 Å². The monoisotopic (exact) mass is 297 g/mol. The number of aryl methyl sites for hydroxylation is 1. The largest absolute Gasteiger partial charge is 0.488 e. The first-order chi connectivity index (χ1) is 10.7. The highest BCUT2D eigenvalue weighted by Crippen LogP contribution is 2.10. The molecule has 0 unspecified atom stereocenters. The molecule has 6 heteroatoms. The second-order valence-electron chi connectivity index (χ2n) is 4.75. The fourth-order valence-corrected chi connectivity index (χ4v) is 2.04. The topological polar surface area (TPSA) is 65.7 Å². The van der Waals surface area contributed by atoms with Crippen molar-refractivity contribution in [3.63, 3.8) is 0 Å². The van der Waals surface area contributed by atoms with E-state index in [9.17, 15) is 4.79 Å². The van der Waals surface area contributed by atoms with E-state index in [-0.39, 0.29) is 13.2 Å². The molecule has 0 radical (unpaired) electrons. The van der Waals surface area contributed by atoms with Gasteiger partial charge in [0.1, 0.15) is 24.6 Å². The van der Waals surface area contributed by atoms with Crippen LogP contribution in [0.15, 0.2) is 49.1 Å². The van der Waals surface area contributed by atoms with E-state index < -0.39 is 5.97 Å². The highest BCUT2D eigenvalue weighted by Gasteiger charge is 2.13. The molecule has 3 aromatic heterocycles. The first kappa shape index (κ1) is 14.1. The smallest absolute Gasteiger partial charge is 0.357 e. The third-order valence-corrected chi connectivity index (χ3v) is 3.08. The zero-order valence-electron chi connectivity index (χ0n) is 12.1. The molecule has 3 rings (SSSR count). The van der Waals surface area contributed by atoms with Crippen LogP contribution in [0, 0.1) is 6.92 Å². The second-order valence-corrected chi connectivity index (χ2v) is 4.75. The predicted octanol–water partition coefficient (Wildman–Crippen LogP) is 2.27. The van der Waals surface area contributed by atoms with Gasteiger partial charge in [0.15, 0.2) is 5.69 Å². The van der Waals surface area contributed by atoms with Crippen LogP contribution in [-0.4, -0.2) is 33.6 Å². The molecule has 0 spiro atoms. The van der Waals surface area contributed by atoms with Gasteiger partial charge in [0, 0.05) is 12.4 Å². The lowest BCUT2D eigenvalue weighted by Gasteiger charge is -2.07. The Morgan fingerprint density at radius 1 is 1.23 bits per heavy atom. The maximum atomic E-state index is 12.1. The van der Waals surface area contributed by atoms with Crippen LogP contribution in [0.2, 0.25) is 0 Å². The van der Waals surface area contributed by atoms with E-state index in [4.69, 9.17) is 9.47 Å². The first-order valence-electron chi connectivity index (χ1n) is 6.88. The summed E-state index contributed by atoms with van der Waals surface area (Å²) in [6, 6.07) is 7.38. The Bertz CT molecular complexity index is 784. The number of rotatable bonds is 5. The molecule has 3 aromatic rings. The maximum absolute atomic E-state index is 12.1. The molecule has 112 valence electrons. The van der Waals surface area contributed by atoms with Gasteiger partial charge in [-0.2, -0.15) is 0 Å². The number of hydrogen-bond acceptors (Lipinski definition) is 5. The summed E-state index contributed by atoms with van der Waals surface area (Å²) in [6.07, 6.45) is 6.64. The summed E-state index contributed by atoms with van der Waals surface area (Å²) in [6.45, 7) is 2.39. The summed E-state index contributed by atoms with van der Waals surface area (Å²) in [7, 11) is 0. The van der Waals surface area contributed by atoms with Crippen molar-refractivity contribution in [2.24, 2.45) is 0 Å². The molecule has 0 saturated heterocycles. The molecule has 0 amide bonds. The minimum Gasteiger partial charge on any atom is -0.488 e. The highest BCUT2D eigenvalue weighted by molar-refractivity contribution is 5.88. The maximum Gasteiger partial charge on any atom is 0.357 e. The Hall–Kier alpha value is -2.89. The summed E-state index contributed by atoms with van der Waals surface area (Å²) in [5.74, 6) is 0.219.